The summed E-state index contributed by atoms with van der Waals surface area (Å²) in [5.74, 6) is 1.16. The van der Waals surface area contributed by atoms with E-state index in [2.05, 4.69) is 43.2 Å². The lowest BCUT2D eigenvalue weighted by molar-refractivity contribution is 0.641. The average molecular weight is 275 g/mol. The standard InChI is InChI=1S/C17H29N3/c1-4-10-18-13-14-11-15(5-2)19-17(12-14)20(3)16-8-6-7-9-16/h11-12,16,18H,4-10,13H2,1-3H3. The van der Waals surface area contributed by atoms with Crippen LogP contribution in [-0.4, -0.2) is 24.6 Å². The first kappa shape index (κ1) is 15.3. The first-order valence-electron chi connectivity index (χ1n) is 8.18. The zero-order valence-electron chi connectivity index (χ0n) is 13.3. The molecule has 3 heteroatoms. The number of nitrogens with zero attached hydrogens (tertiary/aromatic N) is 2. The molecule has 1 saturated carbocycles. The highest BCUT2D eigenvalue weighted by atomic mass is 15.2. The molecular weight excluding hydrogens is 246 g/mol. The molecule has 1 heterocycles. The first-order valence-corrected chi connectivity index (χ1v) is 8.18. The molecule has 1 N–H and O–H groups in total. The van der Waals surface area contributed by atoms with Crippen molar-refractivity contribution in [1.29, 1.82) is 0 Å². The smallest absolute Gasteiger partial charge is 0.129 e. The summed E-state index contributed by atoms with van der Waals surface area (Å²) in [5.41, 5.74) is 2.57. The van der Waals surface area contributed by atoms with E-state index in [-0.39, 0.29) is 0 Å². The summed E-state index contributed by atoms with van der Waals surface area (Å²) < 4.78 is 0. The predicted octanol–water partition coefficient (Wildman–Crippen LogP) is 3.52. The van der Waals surface area contributed by atoms with E-state index in [9.17, 15) is 0 Å². The molecule has 1 aromatic rings. The minimum Gasteiger partial charge on any atom is -0.357 e. The summed E-state index contributed by atoms with van der Waals surface area (Å²) in [6.45, 7) is 6.42. The van der Waals surface area contributed by atoms with Crippen LogP contribution in [0.2, 0.25) is 0 Å². The van der Waals surface area contributed by atoms with Gasteiger partial charge < -0.3 is 10.2 Å². The van der Waals surface area contributed by atoms with E-state index in [4.69, 9.17) is 4.98 Å². The second-order valence-electron chi connectivity index (χ2n) is 5.90. The molecule has 112 valence electrons. The second-order valence-corrected chi connectivity index (χ2v) is 5.90. The highest BCUT2D eigenvalue weighted by Crippen LogP contribution is 2.26. The lowest BCUT2D eigenvalue weighted by Crippen LogP contribution is -2.30. The van der Waals surface area contributed by atoms with E-state index in [1.54, 1.807) is 0 Å². The van der Waals surface area contributed by atoms with Crippen LogP contribution in [0.5, 0.6) is 0 Å². The van der Waals surface area contributed by atoms with Gasteiger partial charge in [0.15, 0.2) is 0 Å². The Kier molecular flexibility index (Phi) is 5.84. The second kappa shape index (κ2) is 7.63. The van der Waals surface area contributed by atoms with E-state index in [0.717, 1.165) is 25.3 Å². The summed E-state index contributed by atoms with van der Waals surface area (Å²) in [4.78, 5) is 7.22. The van der Waals surface area contributed by atoms with Gasteiger partial charge in [0.2, 0.25) is 0 Å². The molecule has 1 aromatic heterocycles. The Morgan fingerprint density at radius 3 is 2.65 bits per heavy atom. The third-order valence-corrected chi connectivity index (χ3v) is 4.28. The third kappa shape index (κ3) is 3.95. The topological polar surface area (TPSA) is 28.2 Å². The fraction of sp³-hybridized carbons (Fsp3) is 0.706. The van der Waals surface area contributed by atoms with Crippen LogP contribution >= 0.6 is 0 Å². The predicted molar refractivity (Wildman–Crippen MR) is 86.3 cm³/mol. The van der Waals surface area contributed by atoms with Gasteiger partial charge in [-0.25, -0.2) is 4.98 Å². The summed E-state index contributed by atoms with van der Waals surface area (Å²) in [7, 11) is 2.21. The van der Waals surface area contributed by atoms with Crippen molar-refractivity contribution in [2.24, 2.45) is 0 Å². The van der Waals surface area contributed by atoms with E-state index >= 15 is 0 Å². The lowest BCUT2D eigenvalue weighted by Gasteiger charge is -2.26. The van der Waals surface area contributed by atoms with Gasteiger partial charge in [-0.1, -0.05) is 26.7 Å². The van der Waals surface area contributed by atoms with Gasteiger partial charge in [0, 0.05) is 25.3 Å². The third-order valence-electron chi connectivity index (χ3n) is 4.28. The van der Waals surface area contributed by atoms with Crippen LogP contribution in [-0.2, 0) is 13.0 Å². The van der Waals surface area contributed by atoms with Gasteiger partial charge >= 0.3 is 0 Å². The summed E-state index contributed by atoms with van der Waals surface area (Å²) >= 11 is 0. The highest BCUT2D eigenvalue weighted by molar-refractivity contribution is 5.43. The number of hydrogen-bond acceptors (Lipinski definition) is 3. The Morgan fingerprint density at radius 2 is 2.00 bits per heavy atom. The van der Waals surface area contributed by atoms with Crippen molar-refractivity contribution in [3.8, 4) is 0 Å². The van der Waals surface area contributed by atoms with Gasteiger partial charge in [0.1, 0.15) is 5.82 Å². The van der Waals surface area contributed by atoms with Gasteiger partial charge in [-0.05, 0) is 49.9 Å². The van der Waals surface area contributed by atoms with Crippen molar-refractivity contribution >= 4 is 5.82 Å². The number of hydrogen-bond donors (Lipinski definition) is 1. The molecule has 2 rings (SSSR count). The Balaban J connectivity index is 2.11. The van der Waals surface area contributed by atoms with Crippen LogP contribution in [0, 0.1) is 0 Å². The fourth-order valence-electron chi connectivity index (χ4n) is 2.99. The van der Waals surface area contributed by atoms with Crippen LogP contribution in [0.25, 0.3) is 0 Å². The molecule has 0 amide bonds. The van der Waals surface area contributed by atoms with Crippen LogP contribution < -0.4 is 10.2 Å². The molecule has 0 saturated heterocycles. The largest absolute Gasteiger partial charge is 0.357 e. The normalized spacial score (nSPS) is 15.8. The van der Waals surface area contributed by atoms with E-state index < -0.39 is 0 Å². The van der Waals surface area contributed by atoms with Crippen LogP contribution in [0.15, 0.2) is 12.1 Å². The van der Waals surface area contributed by atoms with Gasteiger partial charge in [0.25, 0.3) is 0 Å². The molecule has 0 radical (unpaired) electrons. The van der Waals surface area contributed by atoms with E-state index in [1.807, 2.05) is 0 Å². The minimum absolute atomic E-state index is 0.686. The quantitative estimate of drug-likeness (QED) is 0.772. The minimum atomic E-state index is 0.686. The molecule has 1 aliphatic carbocycles. The van der Waals surface area contributed by atoms with Crippen molar-refractivity contribution in [3.63, 3.8) is 0 Å². The average Bonchev–Trinajstić information content (AvgIpc) is 3.00. The van der Waals surface area contributed by atoms with Gasteiger partial charge in [-0.2, -0.15) is 0 Å². The van der Waals surface area contributed by atoms with Gasteiger partial charge in [0.05, 0.1) is 0 Å². The van der Waals surface area contributed by atoms with Crippen LogP contribution in [0.3, 0.4) is 0 Å². The molecule has 0 aliphatic heterocycles. The number of nitrogens with one attached hydrogen (secondary N) is 1. The Morgan fingerprint density at radius 1 is 1.25 bits per heavy atom. The molecular formula is C17H29N3. The molecule has 0 bridgehead atoms. The highest BCUT2D eigenvalue weighted by Gasteiger charge is 2.21. The zero-order chi connectivity index (χ0) is 14.4. The molecule has 3 nitrogen and oxygen atoms in total. The van der Waals surface area contributed by atoms with Crippen molar-refractivity contribution in [2.45, 2.75) is 65.0 Å². The maximum absolute atomic E-state index is 4.82. The maximum atomic E-state index is 4.82. The summed E-state index contributed by atoms with van der Waals surface area (Å²) in [6.07, 6.45) is 7.56. The molecule has 0 spiro atoms. The maximum Gasteiger partial charge on any atom is 0.129 e. The number of aryl methyl sites for hydroxylation is 1. The molecule has 0 aromatic carbocycles. The van der Waals surface area contributed by atoms with Crippen molar-refractivity contribution in [1.82, 2.24) is 10.3 Å². The number of aromatic nitrogens is 1. The monoisotopic (exact) mass is 275 g/mol. The lowest BCUT2D eigenvalue weighted by atomic mass is 10.1. The Labute approximate surface area is 123 Å². The van der Waals surface area contributed by atoms with Gasteiger partial charge in [-0.3, -0.25) is 0 Å². The van der Waals surface area contributed by atoms with Crippen LogP contribution in [0.1, 0.15) is 57.2 Å². The summed E-state index contributed by atoms with van der Waals surface area (Å²) in [5, 5.41) is 3.49. The Hall–Kier alpha value is -1.09. The van der Waals surface area contributed by atoms with Crippen LogP contribution in [0.4, 0.5) is 5.82 Å². The molecule has 20 heavy (non-hydrogen) atoms. The van der Waals surface area contributed by atoms with Gasteiger partial charge in [-0.15, -0.1) is 0 Å². The van der Waals surface area contributed by atoms with Crippen molar-refractivity contribution < 1.29 is 0 Å². The van der Waals surface area contributed by atoms with Crippen molar-refractivity contribution in [3.05, 3.63) is 23.4 Å². The molecule has 0 atom stereocenters. The molecule has 1 aliphatic rings. The van der Waals surface area contributed by atoms with E-state index in [0.29, 0.717) is 6.04 Å². The molecule has 1 fully saturated rings. The number of pyridine rings is 1. The Bertz CT molecular complexity index is 411. The first-order chi connectivity index (χ1) is 9.74. The SMILES string of the molecule is CCCNCc1cc(CC)nc(N(C)C2CCCC2)c1. The summed E-state index contributed by atoms with van der Waals surface area (Å²) in [6, 6.07) is 5.19. The number of anilines is 1. The molecule has 0 unspecified atom stereocenters. The zero-order valence-corrected chi connectivity index (χ0v) is 13.3. The van der Waals surface area contributed by atoms with Crippen molar-refractivity contribution in [2.75, 3.05) is 18.5 Å². The fourth-order valence-corrected chi connectivity index (χ4v) is 2.99. The number of rotatable bonds is 7. The van der Waals surface area contributed by atoms with E-state index in [1.165, 1.54) is 43.4 Å².